The SMILES string of the molecule is CC1CCCN(C(=O)NC(C)Cc2cccs2)C1. The molecule has 1 aliphatic heterocycles. The predicted molar refractivity (Wildman–Crippen MR) is 76.0 cm³/mol. The van der Waals surface area contributed by atoms with E-state index >= 15 is 0 Å². The molecular weight excluding hydrogens is 244 g/mol. The van der Waals surface area contributed by atoms with E-state index in [0.29, 0.717) is 5.92 Å². The normalized spacial score (nSPS) is 21.7. The molecule has 1 aromatic heterocycles. The number of amides is 2. The van der Waals surface area contributed by atoms with Crippen LogP contribution in [-0.2, 0) is 6.42 Å². The maximum absolute atomic E-state index is 12.1. The summed E-state index contributed by atoms with van der Waals surface area (Å²) < 4.78 is 0. The third kappa shape index (κ3) is 3.73. The first-order valence-electron chi connectivity index (χ1n) is 6.73. The van der Waals surface area contributed by atoms with Gasteiger partial charge in [-0.05, 0) is 37.1 Å². The Morgan fingerprint density at radius 1 is 1.67 bits per heavy atom. The minimum Gasteiger partial charge on any atom is -0.335 e. The van der Waals surface area contributed by atoms with Crippen LogP contribution in [0, 0.1) is 5.92 Å². The molecule has 0 aromatic carbocycles. The van der Waals surface area contributed by atoms with Gasteiger partial charge >= 0.3 is 6.03 Å². The summed E-state index contributed by atoms with van der Waals surface area (Å²) in [6.45, 7) is 6.10. The molecular formula is C14H22N2OS. The molecule has 2 heterocycles. The van der Waals surface area contributed by atoms with E-state index in [9.17, 15) is 4.79 Å². The molecule has 2 amide bonds. The quantitative estimate of drug-likeness (QED) is 0.895. The van der Waals surface area contributed by atoms with Crippen LogP contribution in [0.5, 0.6) is 0 Å². The molecule has 0 aliphatic carbocycles. The van der Waals surface area contributed by atoms with Gasteiger partial charge in [0.2, 0.25) is 0 Å². The highest BCUT2D eigenvalue weighted by atomic mass is 32.1. The first-order valence-corrected chi connectivity index (χ1v) is 7.61. The number of hydrogen-bond donors (Lipinski definition) is 1. The van der Waals surface area contributed by atoms with E-state index in [1.165, 1.54) is 11.3 Å². The van der Waals surface area contributed by atoms with Crippen LogP contribution in [0.25, 0.3) is 0 Å². The third-order valence-electron chi connectivity index (χ3n) is 3.40. The third-order valence-corrected chi connectivity index (χ3v) is 4.30. The Morgan fingerprint density at radius 3 is 3.17 bits per heavy atom. The minimum absolute atomic E-state index is 0.102. The molecule has 0 radical (unpaired) electrons. The van der Waals surface area contributed by atoms with E-state index < -0.39 is 0 Å². The number of thiophene rings is 1. The van der Waals surface area contributed by atoms with Gasteiger partial charge in [0.05, 0.1) is 0 Å². The fraction of sp³-hybridized carbons (Fsp3) is 0.643. The maximum Gasteiger partial charge on any atom is 0.317 e. The Hall–Kier alpha value is -1.03. The van der Waals surface area contributed by atoms with Crippen LogP contribution in [0.15, 0.2) is 17.5 Å². The molecule has 0 saturated carbocycles. The number of urea groups is 1. The molecule has 3 nitrogen and oxygen atoms in total. The van der Waals surface area contributed by atoms with Crippen molar-refractivity contribution in [1.82, 2.24) is 10.2 Å². The molecule has 1 saturated heterocycles. The van der Waals surface area contributed by atoms with Gasteiger partial charge in [0.25, 0.3) is 0 Å². The lowest BCUT2D eigenvalue weighted by Gasteiger charge is -2.32. The lowest BCUT2D eigenvalue weighted by molar-refractivity contribution is 0.167. The van der Waals surface area contributed by atoms with Gasteiger partial charge in [-0.1, -0.05) is 13.0 Å². The molecule has 1 aliphatic rings. The molecule has 18 heavy (non-hydrogen) atoms. The standard InChI is InChI=1S/C14H22N2OS/c1-11-5-3-7-16(10-11)14(17)15-12(2)9-13-6-4-8-18-13/h4,6,8,11-12H,3,5,7,9-10H2,1-2H3,(H,15,17). The monoisotopic (exact) mass is 266 g/mol. The van der Waals surface area contributed by atoms with Crippen molar-refractivity contribution >= 4 is 17.4 Å². The van der Waals surface area contributed by atoms with Crippen molar-refractivity contribution in [3.05, 3.63) is 22.4 Å². The van der Waals surface area contributed by atoms with Gasteiger partial charge in [0.1, 0.15) is 0 Å². The molecule has 1 N–H and O–H groups in total. The van der Waals surface area contributed by atoms with Crippen LogP contribution in [0.4, 0.5) is 4.79 Å². The van der Waals surface area contributed by atoms with E-state index in [2.05, 4.69) is 36.7 Å². The van der Waals surface area contributed by atoms with E-state index in [0.717, 1.165) is 25.9 Å². The highest BCUT2D eigenvalue weighted by Gasteiger charge is 2.21. The first-order chi connectivity index (χ1) is 8.65. The maximum atomic E-state index is 12.1. The van der Waals surface area contributed by atoms with Crippen LogP contribution in [0.2, 0.25) is 0 Å². The van der Waals surface area contributed by atoms with Crippen molar-refractivity contribution in [1.29, 1.82) is 0 Å². The number of likely N-dealkylation sites (tertiary alicyclic amines) is 1. The molecule has 4 heteroatoms. The molecule has 1 aromatic rings. The van der Waals surface area contributed by atoms with Crippen molar-refractivity contribution in [2.75, 3.05) is 13.1 Å². The molecule has 0 bridgehead atoms. The average molecular weight is 266 g/mol. The summed E-state index contributed by atoms with van der Waals surface area (Å²) in [6, 6.07) is 4.48. The Kier molecular flexibility index (Phi) is 4.64. The van der Waals surface area contributed by atoms with Gasteiger partial charge in [-0.15, -0.1) is 11.3 Å². The fourth-order valence-electron chi connectivity index (χ4n) is 2.46. The van der Waals surface area contributed by atoms with Crippen LogP contribution < -0.4 is 5.32 Å². The highest BCUT2D eigenvalue weighted by Crippen LogP contribution is 2.16. The second-order valence-corrected chi connectivity index (χ2v) is 6.36. The summed E-state index contributed by atoms with van der Waals surface area (Å²) in [6.07, 6.45) is 3.30. The second-order valence-electron chi connectivity index (χ2n) is 5.33. The number of carbonyl (C=O) groups is 1. The molecule has 2 unspecified atom stereocenters. The van der Waals surface area contributed by atoms with Crippen LogP contribution >= 0.6 is 11.3 Å². The average Bonchev–Trinajstić information content (AvgIpc) is 2.81. The van der Waals surface area contributed by atoms with E-state index in [1.807, 2.05) is 4.90 Å². The second kappa shape index (κ2) is 6.23. The van der Waals surface area contributed by atoms with Gasteiger partial charge in [-0.25, -0.2) is 4.79 Å². The zero-order valence-electron chi connectivity index (χ0n) is 11.2. The summed E-state index contributed by atoms with van der Waals surface area (Å²) in [5.74, 6) is 0.636. The Morgan fingerprint density at radius 2 is 2.50 bits per heavy atom. The number of hydrogen-bond acceptors (Lipinski definition) is 2. The summed E-state index contributed by atoms with van der Waals surface area (Å²) in [5, 5.41) is 5.18. The predicted octanol–water partition coefficient (Wildman–Crippen LogP) is 3.12. The van der Waals surface area contributed by atoms with Crippen molar-refractivity contribution in [3.8, 4) is 0 Å². The van der Waals surface area contributed by atoms with E-state index in [1.54, 1.807) is 11.3 Å². The van der Waals surface area contributed by atoms with Crippen molar-refractivity contribution in [2.45, 2.75) is 39.2 Å². The zero-order chi connectivity index (χ0) is 13.0. The smallest absolute Gasteiger partial charge is 0.317 e. The van der Waals surface area contributed by atoms with Crippen molar-refractivity contribution in [3.63, 3.8) is 0 Å². The highest BCUT2D eigenvalue weighted by molar-refractivity contribution is 7.09. The lowest BCUT2D eigenvalue weighted by Crippen LogP contribution is -2.48. The van der Waals surface area contributed by atoms with Gasteiger partial charge < -0.3 is 10.2 Å². The topological polar surface area (TPSA) is 32.3 Å². The molecule has 2 atom stereocenters. The zero-order valence-corrected chi connectivity index (χ0v) is 12.0. The summed E-state index contributed by atoms with van der Waals surface area (Å²) in [4.78, 5) is 15.4. The Labute approximate surface area is 113 Å². The summed E-state index contributed by atoms with van der Waals surface area (Å²) in [5.41, 5.74) is 0. The summed E-state index contributed by atoms with van der Waals surface area (Å²) >= 11 is 1.75. The number of nitrogens with zero attached hydrogens (tertiary/aromatic N) is 1. The first kappa shape index (κ1) is 13.4. The minimum atomic E-state index is 0.102. The van der Waals surface area contributed by atoms with E-state index in [-0.39, 0.29) is 12.1 Å². The van der Waals surface area contributed by atoms with E-state index in [4.69, 9.17) is 0 Å². The lowest BCUT2D eigenvalue weighted by atomic mass is 10.0. The molecule has 1 fully saturated rings. The Bertz CT molecular complexity index is 377. The number of rotatable bonds is 3. The Balaban J connectivity index is 1.79. The summed E-state index contributed by atoms with van der Waals surface area (Å²) in [7, 11) is 0. The number of carbonyl (C=O) groups excluding carboxylic acids is 1. The molecule has 100 valence electrons. The largest absolute Gasteiger partial charge is 0.335 e. The van der Waals surface area contributed by atoms with Gasteiger partial charge in [-0.2, -0.15) is 0 Å². The van der Waals surface area contributed by atoms with Crippen LogP contribution in [-0.4, -0.2) is 30.1 Å². The fourth-order valence-corrected chi connectivity index (χ4v) is 3.29. The van der Waals surface area contributed by atoms with Gasteiger partial charge in [0, 0.05) is 30.4 Å². The number of nitrogens with one attached hydrogen (secondary N) is 1. The number of piperidine rings is 1. The van der Waals surface area contributed by atoms with Crippen LogP contribution in [0.1, 0.15) is 31.6 Å². The van der Waals surface area contributed by atoms with Gasteiger partial charge in [0.15, 0.2) is 0 Å². The van der Waals surface area contributed by atoms with Crippen molar-refractivity contribution < 1.29 is 4.79 Å². The molecule has 2 rings (SSSR count). The van der Waals surface area contributed by atoms with Crippen molar-refractivity contribution in [2.24, 2.45) is 5.92 Å². The van der Waals surface area contributed by atoms with Gasteiger partial charge in [-0.3, -0.25) is 0 Å². The molecule has 0 spiro atoms. The van der Waals surface area contributed by atoms with Crippen LogP contribution in [0.3, 0.4) is 0 Å².